The van der Waals surface area contributed by atoms with E-state index < -0.39 is 24.5 Å². The molecular formula is C18H20N2O4S. The van der Waals surface area contributed by atoms with Crippen LogP contribution in [-0.2, 0) is 27.2 Å². The molecule has 132 valence electrons. The Morgan fingerprint density at radius 3 is 2.52 bits per heavy atom. The second kappa shape index (κ2) is 10.2. The number of urea groups is 1. The molecule has 0 radical (unpaired) electrons. The van der Waals surface area contributed by atoms with Crippen molar-refractivity contribution < 1.29 is 19.1 Å². The number of nitrogens with one attached hydrogen (secondary N) is 2. The highest BCUT2D eigenvalue weighted by atomic mass is 32.1. The Kier molecular flexibility index (Phi) is 7.65. The maximum absolute atomic E-state index is 11.6. The van der Waals surface area contributed by atoms with Crippen LogP contribution in [0.25, 0.3) is 0 Å². The molecule has 1 aromatic carbocycles. The van der Waals surface area contributed by atoms with Crippen molar-refractivity contribution in [3.63, 3.8) is 0 Å². The zero-order valence-electron chi connectivity index (χ0n) is 13.7. The monoisotopic (exact) mass is 360 g/mol. The molecular weight excluding hydrogens is 340 g/mol. The first-order valence-electron chi connectivity index (χ1n) is 7.93. The molecule has 2 aromatic rings. The number of thiophene rings is 1. The smallest absolute Gasteiger partial charge is 0.321 e. The van der Waals surface area contributed by atoms with Crippen molar-refractivity contribution in [1.29, 1.82) is 0 Å². The largest absolute Gasteiger partial charge is 0.456 e. The first kappa shape index (κ1) is 18.7. The second-order valence-electron chi connectivity index (χ2n) is 5.28. The quantitative estimate of drug-likeness (QED) is 0.708. The van der Waals surface area contributed by atoms with E-state index in [1.165, 1.54) is 0 Å². The minimum Gasteiger partial charge on any atom is -0.456 e. The van der Waals surface area contributed by atoms with Crippen LogP contribution in [-0.4, -0.2) is 31.1 Å². The maximum Gasteiger partial charge on any atom is 0.321 e. The number of carbonyl (C=O) groups excluding carboxylic acids is 3. The van der Waals surface area contributed by atoms with Gasteiger partial charge in [-0.1, -0.05) is 36.4 Å². The molecule has 0 atom stereocenters. The molecule has 0 spiro atoms. The maximum atomic E-state index is 11.6. The molecule has 3 amide bonds. The first-order valence-corrected chi connectivity index (χ1v) is 8.81. The number of amides is 3. The summed E-state index contributed by atoms with van der Waals surface area (Å²) in [5.41, 5.74) is 1.02. The van der Waals surface area contributed by atoms with Crippen molar-refractivity contribution in [1.82, 2.24) is 10.6 Å². The van der Waals surface area contributed by atoms with Gasteiger partial charge in [0, 0.05) is 17.8 Å². The predicted octanol–water partition coefficient (Wildman–Crippen LogP) is 2.29. The molecule has 1 aromatic heterocycles. The second-order valence-corrected chi connectivity index (χ2v) is 6.31. The van der Waals surface area contributed by atoms with Crippen LogP contribution in [0.2, 0.25) is 0 Å². The van der Waals surface area contributed by atoms with Crippen LogP contribution in [0.15, 0.2) is 47.8 Å². The molecule has 0 saturated heterocycles. The minimum atomic E-state index is -0.651. The van der Waals surface area contributed by atoms with Crippen molar-refractivity contribution in [2.45, 2.75) is 19.3 Å². The molecule has 0 saturated carbocycles. The Morgan fingerprint density at radius 1 is 1.00 bits per heavy atom. The lowest BCUT2D eigenvalue weighted by Crippen LogP contribution is -2.42. The highest BCUT2D eigenvalue weighted by Crippen LogP contribution is 2.08. The average Bonchev–Trinajstić information content (AvgIpc) is 3.12. The van der Waals surface area contributed by atoms with Gasteiger partial charge >= 0.3 is 12.0 Å². The van der Waals surface area contributed by atoms with Crippen LogP contribution in [0, 0.1) is 0 Å². The van der Waals surface area contributed by atoms with E-state index in [1.54, 1.807) is 11.3 Å². The molecule has 2 N–H and O–H groups in total. The van der Waals surface area contributed by atoms with Crippen LogP contribution in [0.1, 0.15) is 16.9 Å². The van der Waals surface area contributed by atoms with Gasteiger partial charge in [-0.05, 0) is 29.9 Å². The van der Waals surface area contributed by atoms with Gasteiger partial charge in [-0.15, -0.1) is 11.3 Å². The fourth-order valence-corrected chi connectivity index (χ4v) is 2.78. The molecule has 0 fully saturated rings. The van der Waals surface area contributed by atoms with Crippen molar-refractivity contribution >= 4 is 29.2 Å². The summed E-state index contributed by atoms with van der Waals surface area (Å²) in [4.78, 5) is 35.9. The van der Waals surface area contributed by atoms with E-state index in [0.717, 1.165) is 10.4 Å². The number of esters is 1. The van der Waals surface area contributed by atoms with Gasteiger partial charge in [0.1, 0.15) is 0 Å². The normalized spacial score (nSPS) is 10.1. The van der Waals surface area contributed by atoms with E-state index in [9.17, 15) is 14.4 Å². The Balaban J connectivity index is 1.56. The summed E-state index contributed by atoms with van der Waals surface area (Å²) in [6.07, 6.45) is 1.43. The van der Waals surface area contributed by atoms with E-state index in [4.69, 9.17) is 4.74 Å². The molecule has 0 bridgehead atoms. The molecule has 0 aliphatic rings. The molecule has 0 aliphatic heterocycles. The molecule has 7 heteroatoms. The third-order valence-electron chi connectivity index (χ3n) is 3.31. The highest BCUT2D eigenvalue weighted by Gasteiger charge is 2.11. The van der Waals surface area contributed by atoms with Gasteiger partial charge in [-0.3, -0.25) is 14.9 Å². The van der Waals surface area contributed by atoms with Gasteiger partial charge < -0.3 is 10.1 Å². The summed E-state index contributed by atoms with van der Waals surface area (Å²) < 4.78 is 4.86. The average molecular weight is 360 g/mol. The SMILES string of the molecule is O=C(COC(=O)CCc1ccccc1)NC(=O)NCCc1cccs1. The van der Waals surface area contributed by atoms with Crippen molar-refractivity contribution in [2.24, 2.45) is 0 Å². The van der Waals surface area contributed by atoms with Gasteiger partial charge in [0.15, 0.2) is 6.61 Å². The Bertz CT molecular complexity index is 686. The van der Waals surface area contributed by atoms with E-state index in [1.807, 2.05) is 47.8 Å². The zero-order valence-corrected chi connectivity index (χ0v) is 14.5. The van der Waals surface area contributed by atoms with Crippen LogP contribution >= 0.6 is 11.3 Å². The van der Waals surface area contributed by atoms with Gasteiger partial charge in [-0.25, -0.2) is 4.79 Å². The summed E-state index contributed by atoms with van der Waals surface area (Å²) in [7, 11) is 0. The lowest BCUT2D eigenvalue weighted by molar-refractivity contribution is -0.148. The van der Waals surface area contributed by atoms with Crippen molar-refractivity contribution in [3.8, 4) is 0 Å². The number of hydrogen-bond acceptors (Lipinski definition) is 5. The number of aryl methyl sites for hydroxylation is 1. The summed E-state index contributed by atoms with van der Waals surface area (Å²) in [5.74, 6) is -1.13. The molecule has 0 unspecified atom stereocenters. The molecule has 1 heterocycles. The van der Waals surface area contributed by atoms with E-state index >= 15 is 0 Å². The first-order chi connectivity index (χ1) is 12.1. The summed E-state index contributed by atoms with van der Waals surface area (Å²) in [6, 6.07) is 12.8. The summed E-state index contributed by atoms with van der Waals surface area (Å²) in [6.45, 7) is -0.0392. The number of rotatable bonds is 8. The fourth-order valence-electron chi connectivity index (χ4n) is 2.07. The van der Waals surface area contributed by atoms with Crippen LogP contribution < -0.4 is 10.6 Å². The molecule has 0 aliphatic carbocycles. The summed E-state index contributed by atoms with van der Waals surface area (Å²) >= 11 is 1.61. The van der Waals surface area contributed by atoms with E-state index in [2.05, 4.69) is 10.6 Å². The molecule has 6 nitrogen and oxygen atoms in total. The van der Waals surface area contributed by atoms with Gasteiger partial charge in [-0.2, -0.15) is 0 Å². The molecule has 25 heavy (non-hydrogen) atoms. The third-order valence-corrected chi connectivity index (χ3v) is 4.25. The van der Waals surface area contributed by atoms with Crippen LogP contribution in [0.4, 0.5) is 4.79 Å². The zero-order chi connectivity index (χ0) is 17.9. The molecule has 2 rings (SSSR count). The van der Waals surface area contributed by atoms with Crippen molar-refractivity contribution in [2.75, 3.05) is 13.2 Å². The topological polar surface area (TPSA) is 84.5 Å². The lowest BCUT2D eigenvalue weighted by atomic mass is 10.1. The number of hydrogen-bond donors (Lipinski definition) is 2. The van der Waals surface area contributed by atoms with Gasteiger partial charge in [0.25, 0.3) is 5.91 Å². The lowest BCUT2D eigenvalue weighted by Gasteiger charge is -2.07. The van der Waals surface area contributed by atoms with Crippen LogP contribution in [0.5, 0.6) is 0 Å². The summed E-state index contributed by atoms with van der Waals surface area (Å²) in [5, 5.41) is 6.67. The minimum absolute atomic E-state index is 0.185. The Labute approximate surface area is 150 Å². The predicted molar refractivity (Wildman–Crippen MR) is 95.3 cm³/mol. The number of carbonyl (C=O) groups is 3. The van der Waals surface area contributed by atoms with E-state index in [0.29, 0.717) is 19.4 Å². The third kappa shape index (κ3) is 7.63. The van der Waals surface area contributed by atoms with Crippen molar-refractivity contribution in [3.05, 3.63) is 58.3 Å². The highest BCUT2D eigenvalue weighted by molar-refractivity contribution is 7.09. The number of benzene rings is 1. The standard InChI is InChI=1S/C18H20N2O4S/c21-16(20-18(23)19-11-10-15-7-4-12-25-15)13-24-17(22)9-8-14-5-2-1-3-6-14/h1-7,12H,8-11,13H2,(H2,19,20,21,23). The number of imide groups is 1. The number of ether oxygens (including phenoxy) is 1. The Morgan fingerprint density at radius 2 is 1.80 bits per heavy atom. The van der Waals surface area contributed by atoms with Gasteiger partial charge in [0.05, 0.1) is 0 Å². The Hall–Kier alpha value is -2.67. The van der Waals surface area contributed by atoms with Crippen LogP contribution in [0.3, 0.4) is 0 Å². The van der Waals surface area contributed by atoms with Gasteiger partial charge in [0.2, 0.25) is 0 Å². The van der Waals surface area contributed by atoms with E-state index in [-0.39, 0.29) is 6.42 Å². The fraction of sp³-hybridized carbons (Fsp3) is 0.278.